The predicted molar refractivity (Wildman–Crippen MR) is 103 cm³/mol. The zero-order chi connectivity index (χ0) is 20.1. The highest BCUT2D eigenvalue weighted by Crippen LogP contribution is 2.40. The Morgan fingerprint density at radius 3 is 2.46 bits per heavy atom. The molecule has 0 spiro atoms. The molecule has 0 aliphatic heterocycles. The van der Waals surface area contributed by atoms with Crippen LogP contribution in [-0.4, -0.2) is 29.3 Å². The number of aryl methyl sites for hydroxylation is 2. The average Bonchev–Trinajstić information content (AvgIpc) is 3.27. The number of sulfonamides is 1. The first kappa shape index (κ1) is 18.4. The number of H-pyrrole nitrogens is 1. The summed E-state index contributed by atoms with van der Waals surface area (Å²) < 4.78 is 34.1. The van der Waals surface area contributed by atoms with Gasteiger partial charge in [0.1, 0.15) is 4.90 Å². The number of aromatic nitrogens is 3. The molecule has 28 heavy (non-hydrogen) atoms. The maximum Gasteiger partial charge on any atom is 0.264 e. The van der Waals surface area contributed by atoms with Gasteiger partial charge in [0, 0.05) is 28.6 Å². The van der Waals surface area contributed by atoms with Gasteiger partial charge in [-0.1, -0.05) is 5.16 Å². The lowest BCUT2D eigenvalue weighted by Gasteiger charge is -2.09. The fourth-order valence-corrected chi connectivity index (χ4v) is 4.69. The third-order valence-corrected chi connectivity index (χ3v) is 6.28. The molecule has 4 rings (SSSR count). The zero-order valence-electron chi connectivity index (χ0n) is 15.7. The van der Waals surface area contributed by atoms with E-state index >= 15 is 0 Å². The monoisotopic (exact) mass is 400 g/mol. The zero-order valence-corrected chi connectivity index (χ0v) is 16.6. The third kappa shape index (κ3) is 3.33. The first-order valence-electron chi connectivity index (χ1n) is 8.93. The second kappa shape index (κ2) is 6.59. The number of hydrogen-bond acceptors (Lipinski definition) is 6. The Morgan fingerprint density at radius 2 is 1.86 bits per heavy atom. The number of rotatable bonds is 6. The van der Waals surface area contributed by atoms with Gasteiger partial charge in [0.25, 0.3) is 15.9 Å². The van der Waals surface area contributed by atoms with Crippen molar-refractivity contribution in [3.63, 3.8) is 0 Å². The highest BCUT2D eigenvalue weighted by molar-refractivity contribution is 7.93. The van der Waals surface area contributed by atoms with Crippen molar-refractivity contribution < 1.29 is 17.7 Å². The summed E-state index contributed by atoms with van der Waals surface area (Å²) in [5.74, 6) is 1.02. The van der Waals surface area contributed by atoms with Crippen LogP contribution >= 0.6 is 0 Å². The topological polar surface area (TPSA) is 118 Å². The lowest BCUT2D eigenvalue weighted by Crippen LogP contribution is -2.14. The van der Waals surface area contributed by atoms with E-state index in [2.05, 4.69) is 19.8 Å². The van der Waals surface area contributed by atoms with Crippen LogP contribution in [0, 0.1) is 13.8 Å². The van der Waals surface area contributed by atoms with Gasteiger partial charge in [0.15, 0.2) is 11.6 Å². The fraction of sp³-hybridized carbons (Fsp3) is 0.316. The van der Waals surface area contributed by atoms with Crippen molar-refractivity contribution in [2.75, 3.05) is 4.72 Å². The van der Waals surface area contributed by atoms with Crippen LogP contribution in [0.1, 0.15) is 53.3 Å². The summed E-state index contributed by atoms with van der Waals surface area (Å²) >= 11 is 0. The van der Waals surface area contributed by atoms with Gasteiger partial charge in [-0.05, 0) is 57.9 Å². The van der Waals surface area contributed by atoms with Crippen molar-refractivity contribution >= 4 is 21.5 Å². The summed E-state index contributed by atoms with van der Waals surface area (Å²) in [7, 11) is -3.92. The molecule has 9 heteroatoms. The minimum atomic E-state index is -3.92. The van der Waals surface area contributed by atoms with Crippen molar-refractivity contribution in [3.8, 4) is 11.5 Å². The molecule has 2 aromatic heterocycles. The van der Waals surface area contributed by atoms with Gasteiger partial charge >= 0.3 is 0 Å². The van der Waals surface area contributed by atoms with Gasteiger partial charge in [-0.25, -0.2) is 8.42 Å². The van der Waals surface area contributed by atoms with Gasteiger partial charge in [-0.3, -0.25) is 9.52 Å². The number of hydrogen-bond donors (Lipinski definition) is 2. The van der Waals surface area contributed by atoms with Gasteiger partial charge < -0.3 is 9.51 Å². The van der Waals surface area contributed by atoms with Crippen LogP contribution in [-0.2, 0) is 10.0 Å². The van der Waals surface area contributed by atoms with E-state index in [0.29, 0.717) is 39.9 Å². The molecule has 0 amide bonds. The number of nitrogens with zero attached hydrogens (tertiary/aromatic N) is 2. The molecule has 1 aromatic carbocycles. The molecule has 0 atom stereocenters. The van der Waals surface area contributed by atoms with Crippen molar-refractivity contribution in [1.29, 1.82) is 0 Å². The fourth-order valence-electron chi connectivity index (χ4n) is 3.17. The minimum absolute atomic E-state index is 0.0756. The van der Waals surface area contributed by atoms with Gasteiger partial charge in [-0.15, -0.1) is 0 Å². The number of ketones is 1. The van der Waals surface area contributed by atoms with Crippen LogP contribution < -0.4 is 4.72 Å². The quantitative estimate of drug-likeness (QED) is 0.611. The minimum Gasteiger partial charge on any atom is -0.361 e. The Hall–Kier alpha value is -2.94. The SMILES string of the molecule is CC(=O)c1ccc(NS(=O)(=O)c2c(C)[nH]c(C)c2-c2nc(C3CC3)no2)cc1. The van der Waals surface area contributed by atoms with E-state index in [0.717, 1.165) is 12.8 Å². The number of carbonyl (C=O) groups excluding carboxylic acids is 1. The maximum absolute atomic E-state index is 13.1. The van der Waals surface area contributed by atoms with Crippen molar-refractivity contribution in [3.05, 3.63) is 47.0 Å². The lowest BCUT2D eigenvalue weighted by atomic mass is 10.1. The highest BCUT2D eigenvalue weighted by atomic mass is 32.2. The highest BCUT2D eigenvalue weighted by Gasteiger charge is 2.32. The molecule has 2 heterocycles. The molecule has 146 valence electrons. The Bertz CT molecular complexity index is 1160. The van der Waals surface area contributed by atoms with Crippen LogP contribution in [0.15, 0.2) is 33.7 Å². The Morgan fingerprint density at radius 1 is 1.18 bits per heavy atom. The molecule has 2 N–H and O–H groups in total. The van der Waals surface area contributed by atoms with E-state index in [4.69, 9.17) is 4.52 Å². The first-order chi connectivity index (χ1) is 13.3. The van der Waals surface area contributed by atoms with E-state index in [9.17, 15) is 13.2 Å². The van der Waals surface area contributed by atoms with Crippen molar-refractivity contribution in [2.24, 2.45) is 0 Å². The molecule has 0 radical (unpaired) electrons. The van der Waals surface area contributed by atoms with E-state index < -0.39 is 10.0 Å². The number of benzene rings is 1. The average molecular weight is 400 g/mol. The smallest absolute Gasteiger partial charge is 0.264 e. The lowest BCUT2D eigenvalue weighted by molar-refractivity contribution is 0.101. The molecular formula is C19H20N4O4S. The molecule has 1 aliphatic rings. The van der Waals surface area contributed by atoms with E-state index in [1.54, 1.807) is 38.1 Å². The third-order valence-electron chi connectivity index (χ3n) is 4.73. The largest absolute Gasteiger partial charge is 0.361 e. The summed E-state index contributed by atoms with van der Waals surface area (Å²) in [6.07, 6.45) is 2.04. The Kier molecular flexibility index (Phi) is 4.34. The number of carbonyl (C=O) groups is 1. The Labute approximate surface area is 162 Å². The molecular weight excluding hydrogens is 380 g/mol. The molecule has 0 unspecified atom stereocenters. The van der Waals surface area contributed by atoms with Gasteiger partial charge in [0.05, 0.1) is 5.56 Å². The number of Topliss-reactive ketones (excluding diaryl/α,β-unsaturated/α-hetero) is 1. The van der Waals surface area contributed by atoms with Crippen LogP contribution in [0.2, 0.25) is 0 Å². The molecule has 8 nitrogen and oxygen atoms in total. The number of anilines is 1. The normalized spacial score (nSPS) is 14.2. The summed E-state index contributed by atoms with van der Waals surface area (Å²) in [6, 6.07) is 6.27. The molecule has 1 saturated carbocycles. The predicted octanol–water partition coefficient (Wildman–Crippen LogP) is 3.56. The van der Waals surface area contributed by atoms with Gasteiger partial charge in [-0.2, -0.15) is 4.98 Å². The van der Waals surface area contributed by atoms with Crippen LogP contribution in [0.4, 0.5) is 5.69 Å². The van der Waals surface area contributed by atoms with Crippen molar-refractivity contribution in [2.45, 2.75) is 44.4 Å². The van der Waals surface area contributed by atoms with E-state index in [1.165, 1.54) is 6.92 Å². The number of aromatic amines is 1. The summed E-state index contributed by atoms with van der Waals surface area (Å²) in [6.45, 7) is 4.91. The molecule has 1 fully saturated rings. The summed E-state index contributed by atoms with van der Waals surface area (Å²) in [4.78, 5) is 18.9. The second-order valence-electron chi connectivity index (χ2n) is 7.05. The standard InChI is InChI=1S/C19H20N4O4S/c1-10-16(19-21-18(22-27-19)14-4-5-14)17(11(2)20-10)28(25,26)23-15-8-6-13(7-9-15)12(3)24/h6-9,14,20,23H,4-5H2,1-3H3. The Balaban J connectivity index is 1.71. The van der Waals surface area contributed by atoms with E-state index in [-0.39, 0.29) is 16.6 Å². The van der Waals surface area contributed by atoms with Crippen LogP contribution in [0.5, 0.6) is 0 Å². The second-order valence-corrected chi connectivity index (χ2v) is 8.67. The molecule has 3 aromatic rings. The maximum atomic E-state index is 13.1. The molecule has 0 bridgehead atoms. The van der Waals surface area contributed by atoms with Crippen LogP contribution in [0.3, 0.4) is 0 Å². The van der Waals surface area contributed by atoms with Crippen LogP contribution in [0.25, 0.3) is 11.5 Å². The van der Waals surface area contributed by atoms with Crippen molar-refractivity contribution in [1.82, 2.24) is 15.1 Å². The molecule has 0 saturated heterocycles. The van der Waals surface area contributed by atoms with Gasteiger partial charge in [0.2, 0.25) is 0 Å². The first-order valence-corrected chi connectivity index (χ1v) is 10.4. The summed E-state index contributed by atoms with van der Waals surface area (Å²) in [5, 5.41) is 3.99. The number of nitrogens with one attached hydrogen (secondary N) is 2. The molecule has 1 aliphatic carbocycles. The summed E-state index contributed by atoms with van der Waals surface area (Å²) in [5.41, 5.74) is 2.36. The van der Waals surface area contributed by atoms with E-state index in [1.807, 2.05) is 0 Å².